The second-order valence-corrected chi connectivity index (χ2v) is 6.98. The van der Waals surface area contributed by atoms with Crippen molar-refractivity contribution in [3.05, 3.63) is 92.4 Å². The molecule has 4 aromatic rings. The summed E-state index contributed by atoms with van der Waals surface area (Å²) in [6.45, 7) is 6.64. The average molecular weight is 374 g/mol. The molecule has 2 aromatic heterocycles. The van der Waals surface area contributed by atoms with Crippen molar-refractivity contribution in [2.45, 2.75) is 33.9 Å². The summed E-state index contributed by atoms with van der Waals surface area (Å²) in [5, 5.41) is 0. The molecule has 0 radical (unpaired) electrons. The Morgan fingerprint density at radius 2 is 1.79 bits per heavy atom. The Labute approximate surface area is 162 Å². The zero-order valence-electron chi connectivity index (χ0n) is 16.2. The fourth-order valence-corrected chi connectivity index (χ4v) is 3.55. The number of aryl methyl sites for hydroxylation is 2. The van der Waals surface area contributed by atoms with E-state index in [1.807, 2.05) is 66.9 Å². The third-order valence-electron chi connectivity index (χ3n) is 5.08. The number of aromatic nitrogens is 4. The van der Waals surface area contributed by atoms with Crippen LogP contribution in [-0.4, -0.2) is 18.7 Å². The van der Waals surface area contributed by atoms with Gasteiger partial charge in [-0.1, -0.05) is 36.4 Å². The van der Waals surface area contributed by atoms with Gasteiger partial charge in [-0.2, -0.15) is 0 Å². The summed E-state index contributed by atoms with van der Waals surface area (Å²) in [6, 6.07) is 15.7. The monoisotopic (exact) mass is 374 g/mol. The van der Waals surface area contributed by atoms with Crippen LogP contribution in [0.5, 0.6) is 0 Å². The summed E-state index contributed by atoms with van der Waals surface area (Å²) in [5.41, 5.74) is 4.14. The maximum absolute atomic E-state index is 13.1. The predicted octanol–water partition coefficient (Wildman–Crippen LogP) is 3.03. The molecule has 6 nitrogen and oxygen atoms in total. The quantitative estimate of drug-likeness (QED) is 0.552. The first-order valence-electron chi connectivity index (χ1n) is 9.33. The molecule has 0 fully saturated rings. The van der Waals surface area contributed by atoms with Gasteiger partial charge in [-0.25, -0.2) is 14.3 Å². The highest BCUT2D eigenvalue weighted by Crippen LogP contribution is 2.16. The van der Waals surface area contributed by atoms with E-state index in [4.69, 9.17) is 0 Å². The van der Waals surface area contributed by atoms with Crippen molar-refractivity contribution in [2.75, 3.05) is 0 Å². The van der Waals surface area contributed by atoms with Crippen LogP contribution in [0.3, 0.4) is 0 Å². The first-order valence-corrected chi connectivity index (χ1v) is 9.33. The first-order chi connectivity index (χ1) is 13.5. The van der Waals surface area contributed by atoms with E-state index in [-0.39, 0.29) is 11.2 Å². The molecule has 0 atom stereocenters. The van der Waals surface area contributed by atoms with E-state index in [9.17, 15) is 9.59 Å². The van der Waals surface area contributed by atoms with Gasteiger partial charge in [0.2, 0.25) is 0 Å². The number of benzene rings is 2. The lowest BCUT2D eigenvalue weighted by Gasteiger charge is -2.12. The maximum atomic E-state index is 13.1. The highest BCUT2D eigenvalue weighted by molar-refractivity contribution is 5.72. The number of hydrogen-bond donors (Lipinski definition) is 0. The molecule has 0 unspecified atom stereocenters. The van der Waals surface area contributed by atoms with Crippen molar-refractivity contribution >= 4 is 11.2 Å². The van der Waals surface area contributed by atoms with Crippen molar-refractivity contribution in [2.24, 2.45) is 0 Å². The van der Waals surface area contributed by atoms with Gasteiger partial charge < -0.3 is 4.57 Å². The predicted molar refractivity (Wildman–Crippen MR) is 110 cm³/mol. The molecule has 142 valence electrons. The molecule has 2 aromatic carbocycles. The Morgan fingerprint density at radius 1 is 1.00 bits per heavy atom. The molecular weight excluding hydrogens is 352 g/mol. The molecule has 0 aliphatic rings. The molecule has 0 saturated heterocycles. The van der Waals surface area contributed by atoms with Gasteiger partial charge in [-0.3, -0.25) is 9.36 Å². The summed E-state index contributed by atoms with van der Waals surface area (Å²) in [5.74, 6) is 0. The molecular formula is C22H22N4O2. The van der Waals surface area contributed by atoms with Crippen molar-refractivity contribution < 1.29 is 0 Å². The lowest BCUT2D eigenvalue weighted by atomic mass is 10.1. The molecule has 2 heterocycles. The average Bonchev–Trinajstić information content (AvgIpc) is 3.08. The van der Waals surface area contributed by atoms with Crippen LogP contribution in [0.2, 0.25) is 0 Å². The minimum Gasteiger partial charge on any atom is -0.320 e. The van der Waals surface area contributed by atoms with Crippen LogP contribution < -0.4 is 11.2 Å². The van der Waals surface area contributed by atoms with Crippen LogP contribution in [0.25, 0.3) is 16.9 Å². The molecule has 0 N–H and O–H groups in total. The third-order valence-corrected chi connectivity index (χ3v) is 5.08. The zero-order valence-corrected chi connectivity index (χ0v) is 16.2. The third kappa shape index (κ3) is 2.87. The van der Waals surface area contributed by atoms with Gasteiger partial charge in [0.1, 0.15) is 0 Å². The number of hydrogen-bond acceptors (Lipinski definition) is 3. The highest BCUT2D eigenvalue weighted by Gasteiger charge is 2.18. The number of nitrogens with zero attached hydrogens (tertiary/aromatic N) is 4. The zero-order chi connectivity index (χ0) is 19.8. The molecule has 0 saturated carbocycles. The second-order valence-electron chi connectivity index (χ2n) is 6.98. The van der Waals surface area contributed by atoms with Gasteiger partial charge in [0.25, 0.3) is 5.56 Å². The maximum Gasteiger partial charge on any atom is 0.337 e. The van der Waals surface area contributed by atoms with Gasteiger partial charge in [-0.05, 0) is 49.6 Å². The molecule has 28 heavy (non-hydrogen) atoms. The first kappa shape index (κ1) is 18.0. The molecule has 0 amide bonds. The molecule has 0 aliphatic heterocycles. The minimum absolute atomic E-state index is 0.301. The Morgan fingerprint density at radius 3 is 2.50 bits per heavy atom. The topological polar surface area (TPSA) is 61.8 Å². The highest BCUT2D eigenvalue weighted by atomic mass is 16.2. The summed E-state index contributed by atoms with van der Waals surface area (Å²) >= 11 is 0. The van der Waals surface area contributed by atoms with E-state index in [1.54, 1.807) is 13.3 Å². The molecule has 0 aliphatic carbocycles. The summed E-state index contributed by atoms with van der Waals surface area (Å²) in [6.07, 6.45) is 1.64. The Kier molecular flexibility index (Phi) is 4.47. The number of imidazole rings is 1. The molecule has 4 rings (SSSR count). The van der Waals surface area contributed by atoms with E-state index in [0.717, 1.165) is 16.7 Å². The lowest BCUT2D eigenvalue weighted by Crippen LogP contribution is -2.39. The summed E-state index contributed by atoms with van der Waals surface area (Å²) in [7, 11) is 0. The van der Waals surface area contributed by atoms with Gasteiger partial charge in [-0.15, -0.1) is 0 Å². The van der Waals surface area contributed by atoms with Crippen LogP contribution in [0.4, 0.5) is 0 Å². The summed E-state index contributed by atoms with van der Waals surface area (Å²) in [4.78, 5) is 30.6. The number of fused-ring (bicyclic) bond motifs is 1. The van der Waals surface area contributed by atoms with Crippen LogP contribution in [0.1, 0.15) is 23.6 Å². The van der Waals surface area contributed by atoms with Crippen molar-refractivity contribution in [1.29, 1.82) is 0 Å². The van der Waals surface area contributed by atoms with Crippen molar-refractivity contribution in [3.63, 3.8) is 0 Å². The van der Waals surface area contributed by atoms with Crippen LogP contribution in [0.15, 0.2) is 64.4 Å². The molecule has 6 heteroatoms. The Bertz CT molecular complexity index is 1290. The van der Waals surface area contributed by atoms with Crippen LogP contribution in [-0.2, 0) is 13.1 Å². The van der Waals surface area contributed by atoms with Crippen LogP contribution in [0, 0.1) is 13.8 Å². The normalized spacial score (nSPS) is 11.2. The van der Waals surface area contributed by atoms with Gasteiger partial charge in [0.05, 0.1) is 12.0 Å². The van der Waals surface area contributed by atoms with E-state index < -0.39 is 0 Å². The van der Waals surface area contributed by atoms with E-state index in [0.29, 0.717) is 29.9 Å². The SMILES string of the molecule is CCn1c(=O)c2c(ncn2Cc2ccccc2C)n(-c2cccc(C)c2)c1=O. The largest absolute Gasteiger partial charge is 0.337 e. The second kappa shape index (κ2) is 6.96. The van der Waals surface area contributed by atoms with E-state index in [2.05, 4.69) is 4.98 Å². The fraction of sp³-hybridized carbons (Fsp3) is 0.227. The standard InChI is InChI=1S/C22H22N4O2/c1-4-25-21(27)19-20(26(22(25)28)18-11-7-8-15(2)12-18)23-14-24(19)13-17-10-6-5-9-16(17)3/h5-12,14H,4,13H2,1-3H3. The van der Waals surface area contributed by atoms with Gasteiger partial charge in [0.15, 0.2) is 11.2 Å². The van der Waals surface area contributed by atoms with E-state index >= 15 is 0 Å². The van der Waals surface area contributed by atoms with E-state index in [1.165, 1.54) is 9.13 Å². The molecule has 0 bridgehead atoms. The van der Waals surface area contributed by atoms with Gasteiger partial charge in [0, 0.05) is 13.1 Å². The van der Waals surface area contributed by atoms with Gasteiger partial charge >= 0.3 is 5.69 Å². The molecule has 0 spiro atoms. The van der Waals surface area contributed by atoms with Crippen molar-refractivity contribution in [3.8, 4) is 5.69 Å². The summed E-state index contributed by atoms with van der Waals surface area (Å²) < 4.78 is 4.63. The number of rotatable bonds is 4. The Hall–Kier alpha value is -3.41. The van der Waals surface area contributed by atoms with Crippen molar-refractivity contribution in [1.82, 2.24) is 18.7 Å². The smallest absolute Gasteiger partial charge is 0.320 e. The fourth-order valence-electron chi connectivity index (χ4n) is 3.55. The Balaban J connectivity index is 2.02. The lowest BCUT2D eigenvalue weighted by molar-refractivity contribution is 0.655. The minimum atomic E-state index is -0.369. The van der Waals surface area contributed by atoms with Crippen LogP contribution >= 0.6 is 0 Å².